The van der Waals surface area contributed by atoms with Gasteiger partial charge in [0.15, 0.2) is 9.84 Å². The van der Waals surface area contributed by atoms with Crippen LogP contribution >= 0.6 is 0 Å². The van der Waals surface area contributed by atoms with Gasteiger partial charge in [-0.1, -0.05) is 19.9 Å². The molecule has 7 nitrogen and oxygen atoms in total. The lowest BCUT2D eigenvalue weighted by atomic mass is 10.1. The standard InChI is InChI=1S/C19H30N4O3S/c1-16(2)13-23(17-6-12-27(25,26)15-17)19(24)14-21-8-10-22(11-9-21)18-5-3-4-7-20-18/h3-5,7,16-17H,6,8-15H2,1-2H3/t17-/m0/s1. The zero-order valence-electron chi connectivity index (χ0n) is 16.2. The second-order valence-electron chi connectivity index (χ2n) is 7.95. The van der Waals surface area contributed by atoms with Crippen LogP contribution < -0.4 is 4.90 Å². The molecule has 0 unspecified atom stereocenters. The summed E-state index contributed by atoms with van der Waals surface area (Å²) in [6.07, 6.45) is 2.36. The first-order valence-corrected chi connectivity index (χ1v) is 11.5. The first-order valence-electron chi connectivity index (χ1n) is 9.72. The van der Waals surface area contributed by atoms with E-state index in [4.69, 9.17) is 0 Å². The van der Waals surface area contributed by atoms with Crippen molar-refractivity contribution in [3.8, 4) is 0 Å². The van der Waals surface area contributed by atoms with Gasteiger partial charge in [0, 0.05) is 45.0 Å². The van der Waals surface area contributed by atoms with E-state index in [1.54, 1.807) is 6.20 Å². The number of piperazine rings is 1. The zero-order valence-corrected chi connectivity index (χ0v) is 17.1. The topological polar surface area (TPSA) is 73.8 Å². The molecule has 0 N–H and O–H groups in total. The van der Waals surface area contributed by atoms with Crippen LogP contribution in [0.4, 0.5) is 5.82 Å². The minimum atomic E-state index is -3.00. The third kappa shape index (κ3) is 5.42. The molecule has 0 spiro atoms. The second-order valence-corrected chi connectivity index (χ2v) is 10.2. The van der Waals surface area contributed by atoms with Crippen LogP contribution in [-0.4, -0.2) is 85.9 Å². The van der Waals surface area contributed by atoms with Gasteiger partial charge >= 0.3 is 0 Å². The lowest BCUT2D eigenvalue weighted by molar-refractivity contribution is -0.135. The van der Waals surface area contributed by atoms with Crippen molar-refractivity contribution < 1.29 is 13.2 Å². The molecule has 0 radical (unpaired) electrons. The van der Waals surface area contributed by atoms with Crippen LogP contribution in [0.2, 0.25) is 0 Å². The van der Waals surface area contributed by atoms with Gasteiger partial charge in [-0.05, 0) is 24.5 Å². The number of rotatable bonds is 6. The Hall–Kier alpha value is -1.67. The molecule has 2 saturated heterocycles. The highest BCUT2D eigenvalue weighted by Gasteiger charge is 2.35. The van der Waals surface area contributed by atoms with Crippen LogP contribution in [0.15, 0.2) is 24.4 Å². The van der Waals surface area contributed by atoms with E-state index in [-0.39, 0.29) is 23.5 Å². The average Bonchev–Trinajstić information content (AvgIpc) is 3.00. The van der Waals surface area contributed by atoms with Gasteiger partial charge in [-0.15, -0.1) is 0 Å². The summed E-state index contributed by atoms with van der Waals surface area (Å²) >= 11 is 0. The van der Waals surface area contributed by atoms with Crippen LogP contribution in [-0.2, 0) is 14.6 Å². The molecule has 0 bridgehead atoms. The summed E-state index contributed by atoms with van der Waals surface area (Å²) < 4.78 is 23.7. The summed E-state index contributed by atoms with van der Waals surface area (Å²) in [6, 6.07) is 5.73. The van der Waals surface area contributed by atoms with Crippen LogP contribution in [0, 0.1) is 5.92 Å². The predicted molar refractivity (Wildman–Crippen MR) is 106 cm³/mol. The molecular formula is C19H30N4O3S. The lowest BCUT2D eigenvalue weighted by Gasteiger charge is -2.37. The Morgan fingerprint density at radius 2 is 2.00 bits per heavy atom. The van der Waals surface area contributed by atoms with E-state index in [1.807, 2.05) is 23.1 Å². The predicted octanol–water partition coefficient (Wildman–Crippen LogP) is 0.875. The number of hydrogen-bond donors (Lipinski definition) is 0. The highest BCUT2D eigenvalue weighted by molar-refractivity contribution is 7.91. The van der Waals surface area contributed by atoms with E-state index in [0.717, 1.165) is 32.0 Å². The zero-order chi connectivity index (χ0) is 19.4. The molecule has 1 aromatic rings. The number of sulfone groups is 1. The van der Waals surface area contributed by atoms with Crippen LogP contribution in [0.1, 0.15) is 20.3 Å². The van der Waals surface area contributed by atoms with Crippen LogP contribution in [0.3, 0.4) is 0 Å². The Bertz CT molecular complexity index is 731. The minimum absolute atomic E-state index is 0.0529. The molecular weight excluding hydrogens is 364 g/mol. The van der Waals surface area contributed by atoms with E-state index >= 15 is 0 Å². The fraction of sp³-hybridized carbons (Fsp3) is 0.684. The first kappa shape index (κ1) is 20.1. The second kappa shape index (κ2) is 8.56. The smallest absolute Gasteiger partial charge is 0.237 e. The Morgan fingerprint density at radius 1 is 1.26 bits per heavy atom. The summed E-state index contributed by atoms with van der Waals surface area (Å²) in [7, 11) is -3.00. The maximum atomic E-state index is 13.0. The monoisotopic (exact) mass is 394 g/mol. The molecule has 0 aliphatic carbocycles. The van der Waals surface area contributed by atoms with E-state index in [9.17, 15) is 13.2 Å². The molecule has 150 valence electrons. The van der Waals surface area contributed by atoms with Gasteiger partial charge in [0.25, 0.3) is 0 Å². The Balaban J connectivity index is 1.56. The van der Waals surface area contributed by atoms with E-state index in [2.05, 4.69) is 28.6 Å². The van der Waals surface area contributed by atoms with Crippen molar-refractivity contribution in [1.29, 1.82) is 0 Å². The summed E-state index contributed by atoms with van der Waals surface area (Å²) in [6.45, 7) is 8.40. The number of nitrogens with zero attached hydrogens (tertiary/aromatic N) is 4. The number of pyridine rings is 1. The van der Waals surface area contributed by atoms with Gasteiger partial charge in [-0.25, -0.2) is 13.4 Å². The molecule has 2 aliphatic heterocycles. The number of carbonyl (C=O) groups is 1. The van der Waals surface area contributed by atoms with E-state index in [1.165, 1.54) is 0 Å². The van der Waals surface area contributed by atoms with Crippen molar-refractivity contribution in [3.05, 3.63) is 24.4 Å². The summed E-state index contributed by atoms with van der Waals surface area (Å²) in [5, 5.41) is 0. The first-order chi connectivity index (χ1) is 12.8. The van der Waals surface area contributed by atoms with Crippen molar-refractivity contribution in [2.24, 2.45) is 5.92 Å². The largest absolute Gasteiger partial charge is 0.354 e. The SMILES string of the molecule is CC(C)CN(C(=O)CN1CCN(c2ccccn2)CC1)[C@H]1CCS(=O)(=O)C1. The Labute approximate surface area is 162 Å². The molecule has 2 fully saturated rings. The average molecular weight is 395 g/mol. The van der Waals surface area contributed by atoms with Crippen molar-refractivity contribution in [3.63, 3.8) is 0 Å². The maximum Gasteiger partial charge on any atom is 0.237 e. The van der Waals surface area contributed by atoms with Gasteiger partial charge in [0.05, 0.1) is 18.1 Å². The Morgan fingerprint density at radius 3 is 2.56 bits per heavy atom. The van der Waals surface area contributed by atoms with E-state index in [0.29, 0.717) is 25.4 Å². The number of hydrogen-bond acceptors (Lipinski definition) is 6. The van der Waals surface area contributed by atoms with Crippen molar-refractivity contribution in [2.45, 2.75) is 26.3 Å². The van der Waals surface area contributed by atoms with Crippen molar-refractivity contribution in [1.82, 2.24) is 14.8 Å². The van der Waals surface area contributed by atoms with Crippen LogP contribution in [0.25, 0.3) is 0 Å². The molecule has 8 heteroatoms. The molecule has 1 aromatic heterocycles. The number of amides is 1. The van der Waals surface area contributed by atoms with E-state index < -0.39 is 9.84 Å². The highest BCUT2D eigenvalue weighted by atomic mass is 32.2. The fourth-order valence-electron chi connectivity index (χ4n) is 3.83. The van der Waals surface area contributed by atoms with Gasteiger partial charge < -0.3 is 9.80 Å². The quantitative estimate of drug-likeness (QED) is 0.713. The highest BCUT2D eigenvalue weighted by Crippen LogP contribution is 2.20. The molecule has 0 aromatic carbocycles. The van der Waals surface area contributed by atoms with Gasteiger partial charge in [-0.3, -0.25) is 9.69 Å². The molecule has 3 rings (SSSR count). The maximum absolute atomic E-state index is 13.0. The summed E-state index contributed by atoms with van der Waals surface area (Å²) in [5.74, 6) is 1.65. The van der Waals surface area contributed by atoms with Gasteiger partial charge in [-0.2, -0.15) is 0 Å². The minimum Gasteiger partial charge on any atom is -0.354 e. The Kier molecular flexibility index (Phi) is 6.37. The fourth-order valence-corrected chi connectivity index (χ4v) is 5.56. The third-order valence-electron chi connectivity index (χ3n) is 5.24. The summed E-state index contributed by atoms with van der Waals surface area (Å²) in [5.41, 5.74) is 0. The van der Waals surface area contributed by atoms with Crippen molar-refractivity contribution in [2.75, 3.05) is 55.7 Å². The van der Waals surface area contributed by atoms with Gasteiger partial charge in [0.2, 0.25) is 5.91 Å². The molecule has 1 amide bonds. The third-order valence-corrected chi connectivity index (χ3v) is 6.99. The van der Waals surface area contributed by atoms with Gasteiger partial charge in [0.1, 0.15) is 5.82 Å². The molecule has 0 saturated carbocycles. The molecule has 3 heterocycles. The molecule has 1 atom stereocenters. The van der Waals surface area contributed by atoms with Crippen LogP contribution in [0.5, 0.6) is 0 Å². The molecule has 27 heavy (non-hydrogen) atoms. The summed E-state index contributed by atoms with van der Waals surface area (Å²) in [4.78, 5) is 23.6. The number of anilines is 1. The normalized spacial score (nSPS) is 22.9. The lowest BCUT2D eigenvalue weighted by Crippen LogP contribution is -2.52. The van der Waals surface area contributed by atoms with Crippen molar-refractivity contribution >= 4 is 21.6 Å². The number of aromatic nitrogens is 1. The molecule has 2 aliphatic rings. The number of carbonyl (C=O) groups excluding carboxylic acids is 1.